The molecule has 4 heteroatoms. The van der Waals surface area contributed by atoms with E-state index in [0.29, 0.717) is 21.6 Å². The zero-order valence-corrected chi connectivity index (χ0v) is 15.9. The molecular formula is C18H40N2OS. The van der Waals surface area contributed by atoms with Gasteiger partial charge in [-0.3, -0.25) is 9.80 Å². The van der Waals surface area contributed by atoms with Crippen LogP contribution in [0, 0.1) is 0 Å². The molecule has 0 aromatic heterocycles. The Labute approximate surface area is 142 Å². The first-order chi connectivity index (χ1) is 9.60. The Morgan fingerprint density at radius 1 is 0.773 bits per heavy atom. The minimum Gasteiger partial charge on any atom is -0.379 e. The molecule has 0 bridgehead atoms. The van der Waals surface area contributed by atoms with E-state index in [1.165, 1.54) is 24.6 Å². The second-order valence-corrected chi connectivity index (χ2v) is 9.99. The number of hydrogen-bond acceptors (Lipinski definition) is 3. The molecule has 0 saturated carbocycles. The molecule has 0 N–H and O–H groups in total. The minimum absolute atomic E-state index is 0. The fraction of sp³-hybridized carbons (Fsp3) is 0.944. The van der Waals surface area contributed by atoms with E-state index >= 15 is 0 Å². The summed E-state index contributed by atoms with van der Waals surface area (Å²) in [5.74, 6) is 6.72. The average Bonchev–Trinajstić information content (AvgIpc) is 2.39. The van der Waals surface area contributed by atoms with Gasteiger partial charge in [-0.25, -0.2) is 0 Å². The Morgan fingerprint density at radius 3 is 1.45 bits per heavy atom. The molecule has 2 saturated heterocycles. The molecule has 2 fully saturated rings. The molecule has 0 radical (unpaired) electrons. The van der Waals surface area contributed by atoms with E-state index in [2.05, 4.69) is 57.2 Å². The lowest BCUT2D eigenvalue weighted by atomic mass is 10.1. The van der Waals surface area contributed by atoms with Crippen LogP contribution in [-0.2, 0) is 4.74 Å². The number of hydrogen-bond donors (Lipinski definition) is 0. The summed E-state index contributed by atoms with van der Waals surface area (Å²) in [4.78, 5) is 5.01. The summed E-state index contributed by atoms with van der Waals surface area (Å²) in [6.45, 7) is 20.1. The quantitative estimate of drug-likeness (QED) is 0.631. The predicted octanol–water partition coefficient (Wildman–Crippen LogP) is 3.55. The van der Waals surface area contributed by atoms with Crippen LogP contribution >= 0.6 is 10.5 Å². The van der Waals surface area contributed by atoms with Crippen LogP contribution in [0.3, 0.4) is 0 Å². The first-order valence-corrected chi connectivity index (χ1v) is 9.89. The lowest BCUT2D eigenvalue weighted by Crippen LogP contribution is -2.47. The molecule has 0 aliphatic carbocycles. The van der Waals surface area contributed by atoms with Gasteiger partial charge >= 0.3 is 0 Å². The minimum atomic E-state index is 0. The summed E-state index contributed by atoms with van der Waals surface area (Å²) >= 11 is 0. The first-order valence-electron chi connectivity index (χ1n) is 8.16. The van der Waals surface area contributed by atoms with Crippen molar-refractivity contribution in [2.45, 2.75) is 60.0 Å². The number of ether oxygens (including phenoxy) is 1. The van der Waals surface area contributed by atoms with Crippen LogP contribution in [-0.4, -0.2) is 77.6 Å². The maximum atomic E-state index is 5.25. The largest absolute Gasteiger partial charge is 0.379 e. The molecule has 2 rings (SSSR count). The van der Waals surface area contributed by atoms with E-state index < -0.39 is 0 Å². The van der Waals surface area contributed by atoms with Crippen molar-refractivity contribution in [2.75, 3.05) is 50.9 Å². The van der Waals surface area contributed by atoms with E-state index in [4.69, 9.17) is 4.74 Å². The summed E-state index contributed by atoms with van der Waals surface area (Å²) in [5, 5.41) is 0. The summed E-state index contributed by atoms with van der Waals surface area (Å²) in [5.41, 5.74) is 0.689. The van der Waals surface area contributed by atoms with Crippen molar-refractivity contribution < 1.29 is 4.74 Å². The van der Waals surface area contributed by atoms with E-state index in [-0.39, 0.29) is 7.43 Å². The highest BCUT2D eigenvalue weighted by Crippen LogP contribution is 2.22. The zero-order chi connectivity index (χ0) is 16.1. The van der Waals surface area contributed by atoms with Crippen molar-refractivity contribution in [1.29, 1.82) is 0 Å². The van der Waals surface area contributed by atoms with Crippen LogP contribution in [0.25, 0.3) is 0 Å². The van der Waals surface area contributed by atoms with E-state index in [0.717, 1.165) is 26.3 Å². The van der Waals surface area contributed by atoms with Gasteiger partial charge in [0.2, 0.25) is 0 Å². The first kappa shape index (κ1) is 22.1. The Balaban J connectivity index is 0.000000385. The Hall–Kier alpha value is 0.1000. The van der Waals surface area contributed by atoms with Gasteiger partial charge in [0.25, 0.3) is 0 Å². The standard InChI is InChI=1S/C9H19NS.C8H17NO.CH4/c1-9(2,3)10-5-7-11(4)8-6-10;1-8(2,3)9-4-6-10-7-5-9;/h4-8H2,1-3H3;4-7H2,1-3H3;1H4. The monoisotopic (exact) mass is 332 g/mol. The van der Waals surface area contributed by atoms with Crippen LogP contribution in [0.15, 0.2) is 0 Å². The normalized spacial score (nSPS) is 22.5. The van der Waals surface area contributed by atoms with Crippen molar-refractivity contribution in [3.8, 4) is 0 Å². The van der Waals surface area contributed by atoms with E-state index in [1.54, 1.807) is 0 Å². The fourth-order valence-electron chi connectivity index (χ4n) is 2.60. The molecule has 0 spiro atoms. The van der Waals surface area contributed by atoms with Gasteiger partial charge in [-0.05, 0) is 41.5 Å². The maximum absolute atomic E-state index is 5.25. The van der Waals surface area contributed by atoms with Crippen LogP contribution in [0.1, 0.15) is 49.0 Å². The summed E-state index contributed by atoms with van der Waals surface area (Å²) in [6, 6.07) is 0. The molecule has 0 aromatic rings. The smallest absolute Gasteiger partial charge is 0.0594 e. The van der Waals surface area contributed by atoms with E-state index in [9.17, 15) is 0 Å². The molecule has 134 valence electrons. The summed E-state index contributed by atoms with van der Waals surface area (Å²) in [7, 11) is 0.463. The third-order valence-electron chi connectivity index (χ3n) is 4.21. The molecule has 3 nitrogen and oxygen atoms in total. The van der Waals surface area contributed by atoms with Crippen molar-refractivity contribution in [1.82, 2.24) is 9.80 Å². The Kier molecular flexibility index (Phi) is 9.45. The predicted molar refractivity (Wildman–Crippen MR) is 105 cm³/mol. The molecule has 2 aliphatic heterocycles. The van der Waals surface area contributed by atoms with Gasteiger partial charge in [-0.1, -0.05) is 13.3 Å². The molecule has 2 heterocycles. The summed E-state index contributed by atoms with van der Waals surface area (Å²) in [6.07, 6.45) is 0. The van der Waals surface area contributed by atoms with Gasteiger partial charge in [0, 0.05) is 48.8 Å². The SMILES string of the molecule is C.C=S1CCN(C(C)(C)C)CC1.CC(C)(C)N1CCOCC1. The van der Waals surface area contributed by atoms with Crippen LogP contribution in [0.5, 0.6) is 0 Å². The highest BCUT2D eigenvalue weighted by atomic mass is 32.2. The average molecular weight is 333 g/mol. The molecular weight excluding hydrogens is 292 g/mol. The molecule has 0 unspecified atom stereocenters. The number of rotatable bonds is 0. The molecule has 0 atom stereocenters. The Bertz CT molecular complexity index is 315. The lowest BCUT2D eigenvalue weighted by molar-refractivity contribution is -0.00389. The summed E-state index contributed by atoms with van der Waals surface area (Å²) < 4.78 is 5.25. The molecule has 22 heavy (non-hydrogen) atoms. The molecule has 2 aliphatic rings. The lowest BCUT2D eigenvalue weighted by Gasteiger charge is -2.39. The van der Waals surface area contributed by atoms with Crippen molar-refractivity contribution >= 4 is 16.4 Å². The second kappa shape index (κ2) is 9.41. The topological polar surface area (TPSA) is 15.7 Å². The number of nitrogens with zero attached hydrogens (tertiary/aromatic N) is 2. The van der Waals surface area contributed by atoms with Crippen LogP contribution < -0.4 is 0 Å². The van der Waals surface area contributed by atoms with Crippen molar-refractivity contribution in [2.24, 2.45) is 0 Å². The van der Waals surface area contributed by atoms with Crippen LogP contribution in [0.4, 0.5) is 0 Å². The Morgan fingerprint density at radius 2 is 1.14 bits per heavy atom. The van der Waals surface area contributed by atoms with Gasteiger partial charge in [0.1, 0.15) is 0 Å². The van der Waals surface area contributed by atoms with Crippen molar-refractivity contribution in [3.05, 3.63) is 0 Å². The van der Waals surface area contributed by atoms with Crippen LogP contribution in [0.2, 0.25) is 0 Å². The highest BCUT2D eigenvalue weighted by Gasteiger charge is 2.23. The second-order valence-electron chi connectivity index (χ2n) is 7.95. The van der Waals surface area contributed by atoms with Gasteiger partial charge in [-0.2, -0.15) is 10.5 Å². The van der Waals surface area contributed by atoms with Gasteiger partial charge in [0.05, 0.1) is 13.2 Å². The van der Waals surface area contributed by atoms with Crippen molar-refractivity contribution in [3.63, 3.8) is 0 Å². The van der Waals surface area contributed by atoms with Gasteiger partial charge < -0.3 is 4.74 Å². The highest BCUT2D eigenvalue weighted by molar-refractivity contribution is 8.14. The molecule has 0 aromatic carbocycles. The van der Waals surface area contributed by atoms with E-state index in [1.807, 2.05) is 0 Å². The van der Waals surface area contributed by atoms with Gasteiger partial charge in [-0.15, -0.1) is 0 Å². The third-order valence-corrected chi connectivity index (χ3v) is 5.73. The zero-order valence-electron chi connectivity index (χ0n) is 15.1. The van der Waals surface area contributed by atoms with Gasteiger partial charge in [0.15, 0.2) is 0 Å². The number of morpholine rings is 1. The maximum Gasteiger partial charge on any atom is 0.0594 e. The third kappa shape index (κ3) is 8.09. The fourth-order valence-corrected chi connectivity index (χ4v) is 3.76. The molecule has 0 amide bonds.